The average Bonchev–Trinajstić information content (AvgIpc) is 2.56. The van der Waals surface area contributed by atoms with Crippen LogP contribution in [0.4, 0.5) is 5.69 Å². The average molecular weight is 299 g/mol. The summed E-state index contributed by atoms with van der Waals surface area (Å²) >= 11 is 0. The van der Waals surface area contributed by atoms with Crippen LogP contribution in [-0.4, -0.2) is 30.7 Å². The molecule has 0 saturated carbocycles. The van der Waals surface area contributed by atoms with Crippen molar-refractivity contribution in [2.75, 3.05) is 19.0 Å². The van der Waals surface area contributed by atoms with Gasteiger partial charge in [0.05, 0.1) is 12.7 Å². The zero-order chi connectivity index (χ0) is 15.9. The molecular weight excluding hydrogens is 282 g/mol. The summed E-state index contributed by atoms with van der Waals surface area (Å²) in [7, 11) is 1.31. The zero-order valence-electron chi connectivity index (χ0n) is 12.2. The Morgan fingerprint density at radius 3 is 2.14 bits per heavy atom. The number of carbonyl (C=O) groups is 2. The van der Waals surface area contributed by atoms with Crippen LogP contribution in [0.1, 0.15) is 26.3 Å². The van der Waals surface area contributed by atoms with Crippen molar-refractivity contribution in [2.24, 2.45) is 0 Å². The van der Waals surface area contributed by atoms with Crippen LogP contribution in [0.25, 0.3) is 0 Å². The first-order valence-electron chi connectivity index (χ1n) is 6.83. The molecule has 0 atom stereocenters. The van der Waals surface area contributed by atoms with E-state index in [0.29, 0.717) is 23.2 Å². The minimum absolute atomic E-state index is 0.0955. The van der Waals surface area contributed by atoms with Crippen molar-refractivity contribution in [3.63, 3.8) is 0 Å². The molecule has 2 aromatic carbocycles. The van der Waals surface area contributed by atoms with Crippen LogP contribution in [-0.2, 0) is 11.2 Å². The molecule has 0 radical (unpaired) electrons. The third kappa shape index (κ3) is 3.93. The molecule has 5 nitrogen and oxygen atoms in total. The van der Waals surface area contributed by atoms with Gasteiger partial charge < -0.3 is 15.2 Å². The van der Waals surface area contributed by atoms with Crippen molar-refractivity contribution < 1.29 is 19.4 Å². The fourth-order valence-corrected chi connectivity index (χ4v) is 1.96. The van der Waals surface area contributed by atoms with Crippen molar-refractivity contribution in [3.8, 4) is 0 Å². The number of carbonyl (C=O) groups excluding carboxylic acids is 2. The maximum absolute atomic E-state index is 12.1. The van der Waals surface area contributed by atoms with E-state index >= 15 is 0 Å². The van der Waals surface area contributed by atoms with Gasteiger partial charge in [0.15, 0.2) is 0 Å². The monoisotopic (exact) mass is 299 g/mol. The number of amides is 1. The van der Waals surface area contributed by atoms with E-state index in [1.165, 1.54) is 7.11 Å². The molecule has 5 heteroatoms. The number of aliphatic hydroxyl groups is 1. The van der Waals surface area contributed by atoms with Crippen molar-refractivity contribution in [2.45, 2.75) is 6.42 Å². The number of benzene rings is 2. The van der Waals surface area contributed by atoms with Crippen molar-refractivity contribution in [1.82, 2.24) is 0 Å². The third-order valence-electron chi connectivity index (χ3n) is 3.18. The van der Waals surface area contributed by atoms with Crippen LogP contribution in [0.5, 0.6) is 0 Å². The first-order chi connectivity index (χ1) is 10.6. The topological polar surface area (TPSA) is 75.6 Å². The van der Waals surface area contributed by atoms with E-state index < -0.39 is 5.97 Å². The molecule has 0 bridgehead atoms. The molecule has 0 aromatic heterocycles. The second-order valence-corrected chi connectivity index (χ2v) is 4.69. The van der Waals surface area contributed by atoms with Gasteiger partial charge in [0, 0.05) is 17.9 Å². The molecular formula is C17H17NO4. The Hall–Kier alpha value is -2.66. The van der Waals surface area contributed by atoms with Gasteiger partial charge in [-0.05, 0) is 48.4 Å². The lowest BCUT2D eigenvalue weighted by molar-refractivity contribution is 0.0600. The molecule has 1 amide bonds. The van der Waals surface area contributed by atoms with E-state index in [1.54, 1.807) is 36.4 Å². The number of hydrogen-bond donors (Lipinski definition) is 2. The van der Waals surface area contributed by atoms with E-state index in [2.05, 4.69) is 10.1 Å². The molecule has 0 fully saturated rings. The second kappa shape index (κ2) is 7.38. The number of aliphatic hydroxyl groups excluding tert-OH is 1. The molecule has 2 N–H and O–H groups in total. The molecule has 114 valence electrons. The number of ether oxygens (including phenoxy) is 1. The minimum Gasteiger partial charge on any atom is -0.465 e. The van der Waals surface area contributed by atoms with E-state index in [9.17, 15) is 9.59 Å². The number of esters is 1. The Labute approximate surface area is 128 Å². The Kier molecular flexibility index (Phi) is 5.27. The van der Waals surface area contributed by atoms with Crippen LogP contribution in [0, 0.1) is 0 Å². The van der Waals surface area contributed by atoms with Crippen molar-refractivity contribution in [3.05, 3.63) is 65.2 Å². The Morgan fingerprint density at radius 1 is 1.00 bits per heavy atom. The van der Waals surface area contributed by atoms with E-state index in [-0.39, 0.29) is 12.5 Å². The summed E-state index contributed by atoms with van der Waals surface area (Å²) in [5.41, 5.74) is 2.52. The predicted octanol–water partition coefficient (Wildman–Crippen LogP) is 2.26. The van der Waals surface area contributed by atoms with Gasteiger partial charge in [-0.2, -0.15) is 0 Å². The van der Waals surface area contributed by atoms with Crippen molar-refractivity contribution >= 4 is 17.6 Å². The lowest BCUT2D eigenvalue weighted by Crippen LogP contribution is -2.12. The predicted molar refractivity (Wildman–Crippen MR) is 83.0 cm³/mol. The molecule has 0 heterocycles. The smallest absolute Gasteiger partial charge is 0.337 e. The first kappa shape index (κ1) is 15.7. The van der Waals surface area contributed by atoms with Crippen molar-refractivity contribution in [1.29, 1.82) is 0 Å². The van der Waals surface area contributed by atoms with Crippen LogP contribution in [0.15, 0.2) is 48.5 Å². The highest BCUT2D eigenvalue weighted by molar-refractivity contribution is 6.04. The first-order valence-corrected chi connectivity index (χ1v) is 6.83. The van der Waals surface area contributed by atoms with Gasteiger partial charge in [-0.15, -0.1) is 0 Å². The Bertz CT molecular complexity index is 647. The number of hydrogen-bond acceptors (Lipinski definition) is 4. The number of rotatable bonds is 5. The van der Waals surface area contributed by atoms with E-state index in [0.717, 1.165) is 5.56 Å². The highest BCUT2D eigenvalue weighted by atomic mass is 16.5. The highest BCUT2D eigenvalue weighted by Crippen LogP contribution is 2.12. The summed E-state index contributed by atoms with van der Waals surface area (Å²) in [6.45, 7) is 0.0955. The van der Waals surface area contributed by atoms with Crippen LogP contribution in [0.2, 0.25) is 0 Å². The van der Waals surface area contributed by atoms with Crippen LogP contribution < -0.4 is 5.32 Å². The summed E-state index contributed by atoms with van der Waals surface area (Å²) in [6.07, 6.45) is 0.587. The minimum atomic E-state index is -0.438. The van der Waals surface area contributed by atoms with Gasteiger partial charge in [0.2, 0.25) is 0 Å². The summed E-state index contributed by atoms with van der Waals surface area (Å²) in [6, 6.07) is 13.5. The van der Waals surface area contributed by atoms with Gasteiger partial charge in [0.25, 0.3) is 5.91 Å². The number of anilines is 1. The lowest BCUT2D eigenvalue weighted by atomic mass is 10.1. The molecule has 0 saturated heterocycles. The lowest BCUT2D eigenvalue weighted by Gasteiger charge is -2.07. The molecule has 0 unspecified atom stereocenters. The maximum atomic E-state index is 12.1. The fraction of sp³-hybridized carbons (Fsp3) is 0.176. The summed E-state index contributed by atoms with van der Waals surface area (Å²) in [5, 5.41) is 11.6. The maximum Gasteiger partial charge on any atom is 0.337 e. The summed E-state index contributed by atoms with van der Waals surface area (Å²) in [5.74, 6) is -0.697. The normalized spacial score (nSPS) is 10.1. The van der Waals surface area contributed by atoms with Gasteiger partial charge in [0.1, 0.15) is 0 Å². The molecule has 0 aliphatic carbocycles. The highest BCUT2D eigenvalue weighted by Gasteiger charge is 2.09. The van der Waals surface area contributed by atoms with E-state index in [4.69, 9.17) is 5.11 Å². The Morgan fingerprint density at radius 2 is 1.59 bits per heavy atom. The van der Waals surface area contributed by atoms with Gasteiger partial charge >= 0.3 is 5.97 Å². The molecule has 2 rings (SSSR count). The van der Waals surface area contributed by atoms with Crippen LogP contribution >= 0.6 is 0 Å². The number of nitrogens with one attached hydrogen (secondary N) is 1. The Balaban J connectivity index is 2.03. The fourth-order valence-electron chi connectivity index (χ4n) is 1.96. The molecule has 0 aliphatic rings. The third-order valence-corrected chi connectivity index (χ3v) is 3.18. The van der Waals surface area contributed by atoms with Crippen LogP contribution in [0.3, 0.4) is 0 Å². The van der Waals surface area contributed by atoms with Gasteiger partial charge in [-0.25, -0.2) is 4.79 Å². The molecule has 22 heavy (non-hydrogen) atoms. The SMILES string of the molecule is COC(=O)c1ccc(C(=O)Nc2ccc(CCO)cc2)cc1. The number of methoxy groups -OCH3 is 1. The summed E-state index contributed by atoms with van der Waals surface area (Å²) in [4.78, 5) is 23.4. The second-order valence-electron chi connectivity index (χ2n) is 4.69. The quantitative estimate of drug-likeness (QED) is 0.830. The largest absolute Gasteiger partial charge is 0.465 e. The molecule has 2 aromatic rings. The molecule has 0 spiro atoms. The molecule has 0 aliphatic heterocycles. The van der Waals surface area contributed by atoms with Gasteiger partial charge in [-0.1, -0.05) is 12.1 Å². The zero-order valence-corrected chi connectivity index (χ0v) is 12.2. The van der Waals surface area contributed by atoms with E-state index in [1.807, 2.05) is 12.1 Å². The van der Waals surface area contributed by atoms with Gasteiger partial charge in [-0.3, -0.25) is 4.79 Å². The summed E-state index contributed by atoms with van der Waals surface area (Å²) < 4.78 is 4.61. The standard InChI is InChI=1S/C17H17NO4/c1-22-17(21)14-6-4-13(5-7-14)16(20)18-15-8-2-12(3-9-15)10-11-19/h2-9,19H,10-11H2,1H3,(H,18,20).